The number of fused-ring (bicyclic) bond motifs is 3. The molecule has 1 fully saturated rings. The van der Waals surface area contributed by atoms with E-state index < -0.39 is 21.8 Å². The van der Waals surface area contributed by atoms with Crippen molar-refractivity contribution in [1.82, 2.24) is 19.9 Å². The Morgan fingerprint density at radius 1 is 1.08 bits per heavy atom. The number of amides is 2. The summed E-state index contributed by atoms with van der Waals surface area (Å²) in [6, 6.07) is 15.6. The highest BCUT2D eigenvalue weighted by Gasteiger charge is 2.48. The third kappa shape index (κ3) is 5.75. The Labute approximate surface area is 230 Å². The molecule has 0 saturated carbocycles. The van der Waals surface area contributed by atoms with Crippen molar-refractivity contribution >= 4 is 32.7 Å². The average Bonchev–Trinajstić information content (AvgIpc) is 3.42. The van der Waals surface area contributed by atoms with Crippen LogP contribution in [-0.2, 0) is 31.4 Å². The fraction of sp³-hybridized carbons (Fsp3) is 0.467. The van der Waals surface area contributed by atoms with Crippen LogP contribution in [-0.4, -0.2) is 61.0 Å². The second-order valence-corrected chi connectivity index (χ2v) is 13.9. The van der Waals surface area contributed by atoms with Gasteiger partial charge in [0, 0.05) is 41.1 Å². The van der Waals surface area contributed by atoms with E-state index in [1.807, 2.05) is 47.5 Å². The molecule has 9 heteroatoms. The molecule has 1 spiro atoms. The molecule has 2 aliphatic rings. The number of carbonyl (C=O) groups is 2. The summed E-state index contributed by atoms with van der Waals surface area (Å²) in [7, 11) is -3.65. The highest BCUT2D eigenvalue weighted by Crippen LogP contribution is 2.51. The maximum Gasteiger partial charge on any atom is 0.241 e. The molecule has 2 atom stereocenters. The Morgan fingerprint density at radius 3 is 2.44 bits per heavy atom. The van der Waals surface area contributed by atoms with E-state index in [1.54, 1.807) is 0 Å². The van der Waals surface area contributed by atoms with E-state index in [-0.39, 0.29) is 22.9 Å². The number of nitrogens with zero attached hydrogens (tertiary/aromatic N) is 1. The number of H-pyrrole nitrogens is 1. The number of hydrogen-bond acceptors (Lipinski definition) is 5. The summed E-state index contributed by atoms with van der Waals surface area (Å²) >= 11 is 0. The number of sulfonamides is 1. The van der Waals surface area contributed by atoms with Crippen LogP contribution in [0, 0.1) is 0 Å². The van der Waals surface area contributed by atoms with Crippen molar-refractivity contribution in [1.29, 1.82) is 0 Å². The van der Waals surface area contributed by atoms with Crippen LogP contribution >= 0.6 is 0 Å². The Hall–Kier alpha value is -3.17. The SMILES string of the molecule is CC(C)(C)N[C@H](Cc1c[nH]c2ccccc12)C(=O)N1CCC2(CC1)CC(C(=O)NS(C)(=O)=O)c1ccccc12. The molecule has 2 heterocycles. The van der Waals surface area contributed by atoms with Crippen LogP contribution in [0.5, 0.6) is 0 Å². The van der Waals surface area contributed by atoms with Gasteiger partial charge in [-0.3, -0.25) is 14.3 Å². The lowest BCUT2D eigenvalue weighted by Crippen LogP contribution is -2.56. The lowest BCUT2D eigenvalue weighted by Gasteiger charge is -2.42. The van der Waals surface area contributed by atoms with Crippen molar-refractivity contribution in [2.45, 2.75) is 69.4 Å². The summed E-state index contributed by atoms with van der Waals surface area (Å²) in [5.74, 6) is -0.911. The minimum Gasteiger partial charge on any atom is -0.361 e. The number of hydrogen-bond donors (Lipinski definition) is 3. The van der Waals surface area contributed by atoms with E-state index in [4.69, 9.17) is 0 Å². The quantitative estimate of drug-likeness (QED) is 0.434. The van der Waals surface area contributed by atoms with Gasteiger partial charge in [-0.05, 0) is 69.2 Å². The van der Waals surface area contributed by atoms with E-state index in [0.717, 1.165) is 46.7 Å². The second-order valence-electron chi connectivity index (χ2n) is 12.2. The van der Waals surface area contributed by atoms with E-state index >= 15 is 0 Å². The minimum atomic E-state index is -3.65. The van der Waals surface area contributed by atoms with Gasteiger partial charge in [0.05, 0.1) is 18.2 Å². The number of aromatic amines is 1. The van der Waals surface area contributed by atoms with Crippen LogP contribution in [0.4, 0.5) is 0 Å². The molecule has 1 aromatic heterocycles. The number of piperidine rings is 1. The summed E-state index contributed by atoms with van der Waals surface area (Å²) in [5, 5.41) is 4.69. The van der Waals surface area contributed by atoms with E-state index in [9.17, 15) is 18.0 Å². The van der Waals surface area contributed by atoms with Gasteiger partial charge in [0.2, 0.25) is 21.8 Å². The molecule has 208 valence electrons. The molecule has 2 aromatic carbocycles. The summed E-state index contributed by atoms with van der Waals surface area (Å²) in [4.78, 5) is 32.1. The Balaban J connectivity index is 1.34. The number of likely N-dealkylation sites (tertiary alicyclic amines) is 1. The molecule has 39 heavy (non-hydrogen) atoms. The number of nitrogens with one attached hydrogen (secondary N) is 3. The summed E-state index contributed by atoms with van der Waals surface area (Å²) in [6.07, 6.45) is 5.59. The molecule has 0 radical (unpaired) electrons. The second kappa shape index (κ2) is 10.1. The minimum absolute atomic E-state index is 0.0858. The van der Waals surface area contributed by atoms with Gasteiger partial charge in [-0.25, -0.2) is 8.42 Å². The van der Waals surface area contributed by atoms with Gasteiger partial charge in [-0.1, -0.05) is 42.5 Å². The molecule has 0 bridgehead atoms. The monoisotopic (exact) mass is 550 g/mol. The Morgan fingerprint density at radius 2 is 1.74 bits per heavy atom. The van der Waals surface area contributed by atoms with E-state index in [2.05, 4.69) is 47.9 Å². The van der Waals surface area contributed by atoms with Crippen LogP contribution in [0.1, 0.15) is 62.6 Å². The predicted molar refractivity (Wildman–Crippen MR) is 153 cm³/mol. The molecular weight excluding hydrogens is 512 g/mol. The molecular formula is C30H38N4O4S. The van der Waals surface area contributed by atoms with Gasteiger partial charge in [0.25, 0.3) is 0 Å². The molecule has 1 aliphatic carbocycles. The van der Waals surface area contributed by atoms with Crippen molar-refractivity contribution in [3.8, 4) is 0 Å². The average molecular weight is 551 g/mol. The highest BCUT2D eigenvalue weighted by atomic mass is 32.2. The first-order valence-corrected chi connectivity index (χ1v) is 15.5. The van der Waals surface area contributed by atoms with Crippen LogP contribution in [0.15, 0.2) is 54.7 Å². The van der Waals surface area contributed by atoms with Gasteiger partial charge < -0.3 is 15.2 Å². The van der Waals surface area contributed by atoms with Crippen LogP contribution in [0.3, 0.4) is 0 Å². The van der Waals surface area contributed by atoms with Crippen LogP contribution < -0.4 is 10.0 Å². The molecule has 1 saturated heterocycles. The molecule has 3 N–H and O–H groups in total. The lowest BCUT2D eigenvalue weighted by molar-refractivity contribution is -0.135. The van der Waals surface area contributed by atoms with Gasteiger partial charge in [-0.15, -0.1) is 0 Å². The first-order chi connectivity index (χ1) is 18.4. The van der Waals surface area contributed by atoms with Crippen molar-refractivity contribution in [3.05, 3.63) is 71.4 Å². The van der Waals surface area contributed by atoms with E-state index in [0.29, 0.717) is 25.9 Å². The standard InChI is InChI=1S/C30H38N4O4S/c1-29(2,3)32-26(17-20-19-31-25-12-8-6-9-21(20)25)28(36)34-15-13-30(14-16-34)18-23(27(35)33-39(4,37)38)22-10-5-7-11-24(22)30/h5-12,19,23,26,31-32H,13-18H2,1-4H3,(H,33,35)/t23?,26-/m1/s1. The third-order valence-electron chi connectivity index (χ3n) is 8.14. The molecule has 1 unspecified atom stereocenters. The predicted octanol–water partition coefficient (Wildman–Crippen LogP) is 3.59. The van der Waals surface area contributed by atoms with Gasteiger partial charge in [0.1, 0.15) is 0 Å². The van der Waals surface area contributed by atoms with Crippen LogP contribution in [0.25, 0.3) is 10.9 Å². The number of para-hydroxylation sites is 1. The fourth-order valence-corrected chi connectivity index (χ4v) is 6.98. The van der Waals surface area contributed by atoms with Crippen molar-refractivity contribution in [2.24, 2.45) is 0 Å². The number of rotatable bonds is 6. The molecule has 2 amide bonds. The largest absolute Gasteiger partial charge is 0.361 e. The topological polar surface area (TPSA) is 111 Å². The molecule has 3 aromatic rings. The van der Waals surface area contributed by atoms with Gasteiger partial charge in [-0.2, -0.15) is 0 Å². The first-order valence-electron chi connectivity index (χ1n) is 13.6. The smallest absolute Gasteiger partial charge is 0.241 e. The van der Waals surface area contributed by atoms with Gasteiger partial charge >= 0.3 is 0 Å². The summed E-state index contributed by atoms with van der Waals surface area (Å²) in [5.41, 5.74) is 3.67. The Kier molecular flexibility index (Phi) is 7.09. The van der Waals surface area contributed by atoms with Crippen LogP contribution in [0.2, 0.25) is 0 Å². The lowest BCUT2D eigenvalue weighted by atomic mass is 9.73. The molecule has 5 rings (SSSR count). The normalized spacial score (nSPS) is 19.7. The van der Waals surface area contributed by atoms with E-state index in [1.165, 1.54) is 0 Å². The van der Waals surface area contributed by atoms with Gasteiger partial charge in [0.15, 0.2) is 0 Å². The zero-order chi connectivity index (χ0) is 28.0. The highest BCUT2D eigenvalue weighted by molar-refractivity contribution is 7.89. The Bertz CT molecular complexity index is 1500. The van der Waals surface area contributed by atoms with Crippen molar-refractivity contribution in [2.75, 3.05) is 19.3 Å². The maximum atomic E-state index is 13.9. The number of benzene rings is 2. The summed E-state index contributed by atoms with van der Waals surface area (Å²) < 4.78 is 25.7. The third-order valence-corrected chi connectivity index (χ3v) is 8.71. The number of aromatic nitrogens is 1. The summed E-state index contributed by atoms with van der Waals surface area (Å²) in [6.45, 7) is 7.40. The zero-order valence-electron chi connectivity index (χ0n) is 23.1. The number of carbonyl (C=O) groups excluding carboxylic acids is 2. The molecule has 8 nitrogen and oxygen atoms in total. The van der Waals surface area contributed by atoms with Crippen molar-refractivity contribution < 1.29 is 18.0 Å². The van der Waals surface area contributed by atoms with Crippen molar-refractivity contribution in [3.63, 3.8) is 0 Å². The molecule has 1 aliphatic heterocycles. The maximum absolute atomic E-state index is 13.9. The zero-order valence-corrected chi connectivity index (χ0v) is 23.9. The first kappa shape index (κ1) is 27.4. The fourth-order valence-electron chi connectivity index (χ4n) is 6.47.